The summed E-state index contributed by atoms with van der Waals surface area (Å²) < 4.78 is 4.93. The standard InChI is InChI=1S/C12H12N3O.K/c1-16-12-8-7-11(14-15-12)13-9-10-5-3-2-4-6-10;/h3-8H,9H2,1H3,(H,13,14);/q-1;+1. The summed E-state index contributed by atoms with van der Waals surface area (Å²) in [6.45, 7) is 0.718. The largest absolute Gasteiger partial charge is 1.00 e. The Balaban J connectivity index is 0.00000144. The fraction of sp³-hybridized carbons (Fsp3) is 0.167. The molecule has 82 valence electrons. The van der Waals surface area contributed by atoms with Gasteiger partial charge >= 0.3 is 51.4 Å². The number of ether oxygens (including phenoxy) is 1. The average molecular weight is 253 g/mol. The van der Waals surface area contributed by atoms with Crippen LogP contribution in [0, 0.1) is 6.07 Å². The molecule has 0 radical (unpaired) electrons. The van der Waals surface area contributed by atoms with E-state index in [0.717, 1.165) is 12.4 Å². The number of nitrogens with zero attached hydrogens (tertiary/aromatic N) is 2. The van der Waals surface area contributed by atoms with Gasteiger partial charge in [0.05, 0.1) is 7.11 Å². The van der Waals surface area contributed by atoms with Crippen molar-refractivity contribution < 1.29 is 56.1 Å². The van der Waals surface area contributed by atoms with E-state index in [1.807, 2.05) is 30.3 Å². The zero-order chi connectivity index (χ0) is 11.2. The van der Waals surface area contributed by atoms with Crippen LogP contribution < -0.4 is 61.4 Å². The third-order valence-electron chi connectivity index (χ3n) is 2.11. The Bertz CT molecular complexity index is 433. The van der Waals surface area contributed by atoms with Crippen LogP contribution in [0.25, 0.3) is 0 Å². The van der Waals surface area contributed by atoms with Crippen LogP contribution in [0.2, 0.25) is 0 Å². The number of aromatic nitrogens is 2. The minimum absolute atomic E-state index is 0. The van der Waals surface area contributed by atoms with E-state index in [9.17, 15) is 0 Å². The second kappa shape index (κ2) is 7.78. The third kappa shape index (κ3) is 4.73. The predicted octanol–water partition coefficient (Wildman–Crippen LogP) is -1.10. The zero-order valence-electron chi connectivity index (χ0n) is 9.97. The molecule has 2 rings (SSSR count). The van der Waals surface area contributed by atoms with Crippen molar-refractivity contribution in [2.24, 2.45) is 0 Å². The molecule has 0 fully saturated rings. The molecule has 17 heavy (non-hydrogen) atoms. The number of hydrogen-bond acceptors (Lipinski definition) is 4. The van der Waals surface area contributed by atoms with Crippen molar-refractivity contribution in [1.82, 2.24) is 10.2 Å². The summed E-state index contributed by atoms with van der Waals surface area (Å²) in [5, 5.41) is 11.0. The van der Waals surface area contributed by atoms with Gasteiger partial charge in [-0.2, -0.15) is 30.3 Å². The van der Waals surface area contributed by atoms with Crippen LogP contribution in [0.4, 0.5) is 5.82 Å². The number of anilines is 1. The van der Waals surface area contributed by atoms with Gasteiger partial charge in [-0.25, -0.2) is 0 Å². The van der Waals surface area contributed by atoms with Crippen LogP contribution in [0.1, 0.15) is 5.56 Å². The maximum atomic E-state index is 4.93. The molecule has 0 unspecified atom stereocenters. The molecule has 2 aromatic rings. The van der Waals surface area contributed by atoms with Gasteiger partial charge in [-0.15, -0.1) is 15.8 Å². The van der Waals surface area contributed by atoms with E-state index < -0.39 is 0 Å². The first-order chi connectivity index (χ1) is 7.88. The van der Waals surface area contributed by atoms with Gasteiger partial charge in [0.1, 0.15) is 5.82 Å². The van der Waals surface area contributed by atoms with Crippen LogP contribution in [0.3, 0.4) is 0 Å². The van der Waals surface area contributed by atoms with E-state index in [1.165, 1.54) is 5.56 Å². The smallest absolute Gasteiger partial charge is 0.480 e. The van der Waals surface area contributed by atoms with Crippen LogP contribution >= 0.6 is 0 Å². The molecule has 0 spiro atoms. The molecule has 0 saturated heterocycles. The summed E-state index contributed by atoms with van der Waals surface area (Å²) in [6, 6.07) is 14.4. The summed E-state index contributed by atoms with van der Waals surface area (Å²) >= 11 is 0. The number of rotatable bonds is 4. The topological polar surface area (TPSA) is 47.0 Å². The normalized spacial score (nSPS) is 9.24. The van der Waals surface area contributed by atoms with E-state index in [-0.39, 0.29) is 51.4 Å². The van der Waals surface area contributed by atoms with Gasteiger partial charge in [0.15, 0.2) is 0 Å². The van der Waals surface area contributed by atoms with Crippen molar-refractivity contribution in [2.45, 2.75) is 6.54 Å². The van der Waals surface area contributed by atoms with Crippen molar-refractivity contribution >= 4 is 5.82 Å². The monoisotopic (exact) mass is 253 g/mol. The van der Waals surface area contributed by atoms with Crippen molar-refractivity contribution in [3.63, 3.8) is 0 Å². The van der Waals surface area contributed by atoms with E-state index in [4.69, 9.17) is 4.74 Å². The summed E-state index contributed by atoms with van der Waals surface area (Å²) in [7, 11) is 1.57. The molecular formula is C12H12KN3O. The van der Waals surface area contributed by atoms with Crippen molar-refractivity contribution in [1.29, 1.82) is 0 Å². The Labute approximate surface area is 143 Å². The van der Waals surface area contributed by atoms with Crippen molar-refractivity contribution in [3.8, 4) is 5.88 Å². The Kier molecular flexibility index (Phi) is 6.68. The zero-order valence-corrected chi connectivity index (χ0v) is 13.1. The van der Waals surface area contributed by atoms with Gasteiger partial charge < -0.3 is 10.1 Å². The SMILES string of the molecule is COc1ccc(NCc2cc[c-]cc2)nn1.[K+]. The van der Waals surface area contributed by atoms with Gasteiger partial charge in [0, 0.05) is 12.6 Å². The van der Waals surface area contributed by atoms with Gasteiger partial charge in [0.2, 0.25) is 5.88 Å². The van der Waals surface area contributed by atoms with Gasteiger partial charge in [0.25, 0.3) is 0 Å². The molecule has 0 aliphatic heterocycles. The molecule has 4 nitrogen and oxygen atoms in total. The van der Waals surface area contributed by atoms with Crippen molar-refractivity contribution in [2.75, 3.05) is 12.4 Å². The maximum Gasteiger partial charge on any atom is 1.00 e. The molecule has 1 heterocycles. The predicted molar refractivity (Wildman–Crippen MR) is 61.2 cm³/mol. The van der Waals surface area contributed by atoms with E-state index in [1.54, 1.807) is 13.2 Å². The summed E-state index contributed by atoms with van der Waals surface area (Å²) in [5.74, 6) is 1.24. The number of nitrogens with one attached hydrogen (secondary N) is 1. The molecule has 0 aliphatic rings. The number of methoxy groups -OCH3 is 1. The fourth-order valence-corrected chi connectivity index (χ4v) is 1.26. The Morgan fingerprint density at radius 1 is 1.18 bits per heavy atom. The Morgan fingerprint density at radius 2 is 1.94 bits per heavy atom. The van der Waals surface area contributed by atoms with Crippen LogP contribution in [-0.4, -0.2) is 17.3 Å². The molecule has 1 N–H and O–H groups in total. The molecular weight excluding hydrogens is 241 g/mol. The second-order valence-corrected chi connectivity index (χ2v) is 3.22. The quantitative estimate of drug-likeness (QED) is 0.555. The molecule has 0 bridgehead atoms. The van der Waals surface area contributed by atoms with Gasteiger partial charge in [-0.05, 0) is 6.07 Å². The van der Waals surface area contributed by atoms with Crippen LogP contribution in [0.5, 0.6) is 5.88 Å². The minimum Gasteiger partial charge on any atom is -0.480 e. The van der Waals surface area contributed by atoms with E-state index in [2.05, 4.69) is 21.6 Å². The maximum absolute atomic E-state index is 4.93. The van der Waals surface area contributed by atoms with Crippen LogP contribution in [0.15, 0.2) is 36.4 Å². The molecule has 0 aliphatic carbocycles. The molecule has 1 aromatic heterocycles. The van der Waals surface area contributed by atoms with E-state index in [0.29, 0.717) is 5.88 Å². The first kappa shape index (κ1) is 14.6. The number of hydrogen-bond donors (Lipinski definition) is 1. The Morgan fingerprint density at radius 3 is 2.53 bits per heavy atom. The molecule has 0 atom stereocenters. The first-order valence-electron chi connectivity index (χ1n) is 4.95. The first-order valence-corrected chi connectivity index (χ1v) is 4.95. The molecule has 5 heteroatoms. The fourth-order valence-electron chi connectivity index (χ4n) is 1.26. The van der Waals surface area contributed by atoms with Gasteiger partial charge in [-0.3, -0.25) is 0 Å². The average Bonchev–Trinajstić information content (AvgIpc) is 2.38. The summed E-state index contributed by atoms with van der Waals surface area (Å²) in [4.78, 5) is 0. The van der Waals surface area contributed by atoms with Crippen LogP contribution in [-0.2, 0) is 6.54 Å². The summed E-state index contributed by atoms with van der Waals surface area (Å²) in [6.07, 6.45) is 0. The minimum atomic E-state index is 0. The molecule has 1 aromatic carbocycles. The molecule has 0 amide bonds. The van der Waals surface area contributed by atoms with E-state index >= 15 is 0 Å². The van der Waals surface area contributed by atoms with Crippen molar-refractivity contribution in [3.05, 3.63) is 48.0 Å². The third-order valence-corrected chi connectivity index (χ3v) is 2.11. The number of benzene rings is 1. The molecule has 0 saturated carbocycles. The van der Waals surface area contributed by atoms with Gasteiger partial charge in [-0.1, -0.05) is 0 Å². The second-order valence-electron chi connectivity index (χ2n) is 3.22. The summed E-state index contributed by atoms with van der Waals surface area (Å²) in [5.41, 5.74) is 1.18. The Hall–Kier alpha value is -0.464.